The molecule has 0 aromatic carbocycles. The number of carbonyl (C=O) groups is 2. The molecule has 0 amide bonds. The number of carbonyl (C=O) groups excluding carboxylic acids is 2. The first kappa shape index (κ1) is 46.7. The highest BCUT2D eigenvalue weighted by atomic mass is 16.5. The second-order valence-electron chi connectivity index (χ2n) is 14.8. The molecule has 0 spiro atoms. The van der Waals surface area contributed by atoms with E-state index in [0.29, 0.717) is 25.4 Å². The van der Waals surface area contributed by atoms with Crippen LogP contribution in [0.5, 0.6) is 0 Å². The zero-order valence-electron chi connectivity index (χ0n) is 33.0. The summed E-state index contributed by atoms with van der Waals surface area (Å²) in [5.41, 5.74) is 0. The average Bonchev–Trinajstić information content (AvgIpc) is 3.09. The van der Waals surface area contributed by atoms with Gasteiger partial charge in [-0.25, -0.2) is 0 Å². The minimum atomic E-state index is -0.0115. The Labute approximate surface area is 300 Å². The van der Waals surface area contributed by atoms with E-state index in [-0.39, 0.29) is 18.0 Å². The van der Waals surface area contributed by atoms with Gasteiger partial charge in [0.05, 0.1) is 6.61 Å². The van der Waals surface area contributed by atoms with Crippen molar-refractivity contribution < 1.29 is 19.1 Å². The molecule has 0 aliphatic carbocycles. The summed E-state index contributed by atoms with van der Waals surface area (Å²) in [7, 11) is 0. The highest BCUT2D eigenvalue weighted by molar-refractivity contribution is 5.69. The van der Waals surface area contributed by atoms with Crippen molar-refractivity contribution in [3.05, 3.63) is 12.2 Å². The summed E-state index contributed by atoms with van der Waals surface area (Å²) in [5, 5.41) is 0. The molecule has 0 bridgehead atoms. The van der Waals surface area contributed by atoms with Gasteiger partial charge in [0.25, 0.3) is 0 Å². The number of rotatable bonds is 38. The zero-order valence-corrected chi connectivity index (χ0v) is 33.0. The number of hydrogen-bond acceptors (Lipinski definition) is 4. The topological polar surface area (TPSA) is 52.6 Å². The van der Waals surface area contributed by atoms with Gasteiger partial charge in [-0.2, -0.15) is 0 Å². The Hall–Kier alpha value is -1.32. The van der Waals surface area contributed by atoms with Crippen molar-refractivity contribution in [1.29, 1.82) is 0 Å². The summed E-state index contributed by atoms with van der Waals surface area (Å²) in [6.07, 6.45) is 43.7. The fourth-order valence-corrected chi connectivity index (χ4v) is 6.53. The maximum atomic E-state index is 12.6. The van der Waals surface area contributed by atoms with Gasteiger partial charge in [0, 0.05) is 12.8 Å². The van der Waals surface area contributed by atoms with Crippen molar-refractivity contribution in [3.8, 4) is 0 Å². The van der Waals surface area contributed by atoms with Crippen LogP contribution in [-0.4, -0.2) is 24.6 Å². The van der Waals surface area contributed by atoms with Gasteiger partial charge in [-0.1, -0.05) is 168 Å². The molecule has 2 atom stereocenters. The van der Waals surface area contributed by atoms with E-state index in [1.165, 1.54) is 148 Å². The van der Waals surface area contributed by atoms with Crippen molar-refractivity contribution in [2.24, 2.45) is 5.92 Å². The Balaban J connectivity index is 3.90. The van der Waals surface area contributed by atoms with Crippen LogP contribution in [0.3, 0.4) is 0 Å². The predicted octanol–water partition coefficient (Wildman–Crippen LogP) is 14.6. The summed E-state index contributed by atoms with van der Waals surface area (Å²) in [6, 6.07) is 0. The lowest BCUT2D eigenvalue weighted by Crippen LogP contribution is -2.18. The Morgan fingerprint density at radius 1 is 0.458 bits per heavy atom. The standard InChI is InChI=1S/C44H84O4/c1-5-9-12-14-15-16-17-18-19-20-21-22-27-30-34-39-44(46)48-42(36-31-13-10-6-2)37-32-28-25-23-24-26-29-33-38-43(45)47-40-41(8-4)35-11-7-3/h18-19,41-42H,5-17,20-40H2,1-4H3/b19-18-. The Kier molecular flexibility index (Phi) is 37.4. The zero-order chi connectivity index (χ0) is 35.2. The molecule has 48 heavy (non-hydrogen) atoms. The highest BCUT2D eigenvalue weighted by Crippen LogP contribution is 2.19. The van der Waals surface area contributed by atoms with E-state index < -0.39 is 0 Å². The summed E-state index contributed by atoms with van der Waals surface area (Å²) >= 11 is 0. The van der Waals surface area contributed by atoms with Gasteiger partial charge in [-0.05, 0) is 76.5 Å². The van der Waals surface area contributed by atoms with Crippen molar-refractivity contribution in [2.45, 2.75) is 246 Å². The molecule has 0 aromatic heterocycles. The van der Waals surface area contributed by atoms with Gasteiger partial charge in [-0.3, -0.25) is 9.59 Å². The fourth-order valence-electron chi connectivity index (χ4n) is 6.53. The van der Waals surface area contributed by atoms with Gasteiger partial charge in [-0.15, -0.1) is 0 Å². The van der Waals surface area contributed by atoms with Crippen LogP contribution in [-0.2, 0) is 19.1 Å². The SMILES string of the molecule is CCCCCCCC/C=C\CCCCCCCC(=O)OC(CCCCCC)CCCCCCCCCCC(=O)OCC(CC)CCCC. The van der Waals surface area contributed by atoms with Crippen LogP contribution in [0.4, 0.5) is 0 Å². The van der Waals surface area contributed by atoms with Crippen LogP contribution in [0.25, 0.3) is 0 Å². The van der Waals surface area contributed by atoms with Crippen LogP contribution in [0, 0.1) is 5.92 Å². The van der Waals surface area contributed by atoms with Crippen LogP contribution >= 0.6 is 0 Å². The Morgan fingerprint density at radius 3 is 1.38 bits per heavy atom. The maximum absolute atomic E-state index is 12.6. The van der Waals surface area contributed by atoms with E-state index in [9.17, 15) is 9.59 Å². The number of unbranched alkanes of at least 4 members (excludes halogenated alkanes) is 22. The molecule has 0 radical (unpaired) electrons. The molecule has 0 saturated heterocycles. The van der Waals surface area contributed by atoms with E-state index >= 15 is 0 Å². The molecule has 2 unspecified atom stereocenters. The fraction of sp³-hybridized carbons (Fsp3) is 0.909. The quantitative estimate of drug-likeness (QED) is 0.0371. The molecule has 0 fully saturated rings. The Morgan fingerprint density at radius 2 is 0.875 bits per heavy atom. The summed E-state index contributed by atoms with van der Waals surface area (Å²) in [4.78, 5) is 24.7. The molecular weight excluding hydrogens is 592 g/mol. The van der Waals surface area contributed by atoms with Gasteiger partial charge in [0.2, 0.25) is 0 Å². The van der Waals surface area contributed by atoms with Crippen LogP contribution in [0.2, 0.25) is 0 Å². The van der Waals surface area contributed by atoms with Gasteiger partial charge < -0.3 is 9.47 Å². The van der Waals surface area contributed by atoms with E-state index in [4.69, 9.17) is 9.47 Å². The van der Waals surface area contributed by atoms with E-state index in [1.807, 2.05) is 0 Å². The Bertz CT molecular complexity index is 702. The number of esters is 2. The van der Waals surface area contributed by atoms with Crippen molar-refractivity contribution in [2.75, 3.05) is 6.61 Å². The van der Waals surface area contributed by atoms with Crippen molar-refractivity contribution in [1.82, 2.24) is 0 Å². The maximum Gasteiger partial charge on any atom is 0.306 e. The molecule has 284 valence electrons. The molecular formula is C44H84O4. The third kappa shape index (κ3) is 34.5. The van der Waals surface area contributed by atoms with Crippen molar-refractivity contribution in [3.63, 3.8) is 0 Å². The summed E-state index contributed by atoms with van der Waals surface area (Å²) in [6.45, 7) is 9.53. The molecule has 0 rings (SSSR count). The average molecular weight is 677 g/mol. The largest absolute Gasteiger partial charge is 0.465 e. The lowest BCUT2D eigenvalue weighted by atomic mass is 10.0. The van der Waals surface area contributed by atoms with Crippen LogP contribution in [0.15, 0.2) is 12.2 Å². The van der Waals surface area contributed by atoms with E-state index in [1.54, 1.807) is 0 Å². The van der Waals surface area contributed by atoms with Gasteiger partial charge in [0.15, 0.2) is 0 Å². The molecule has 0 heterocycles. The molecule has 4 heteroatoms. The van der Waals surface area contributed by atoms with Crippen molar-refractivity contribution >= 4 is 11.9 Å². The van der Waals surface area contributed by atoms with Crippen LogP contribution in [0.1, 0.15) is 240 Å². The summed E-state index contributed by atoms with van der Waals surface area (Å²) < 4.78 is 11.5. The normalized spacial score (nSPS) is 12.8. The minimum absolute atomic E-state index is 0.0115. The van der Waals surface area contributed by atoms with Gasteiger partial charge >= 0.3 is 11.9 Å². The minimum Gasteiger partial charge on any atom is -0.465 e. The molecule has 0 aliphatic heterocycles. The third-order valence-electron chi connectivity index (χ3n) is 10.0. The van der Waals surface area contributed by atoms with Crippen LogP contribution < -0.4 is 0 Å². The first-order valence-corrected chi connectivity index (χ1v) is 21.6. The summed E-state index contributed by atoms with van der Waals surface area (Å²) in [5.74, 6) is 0.542. The second kappa shape index (κ2) is 38.5. The molecule has 0 N–H and O–H groups in total. The molecule has 0 saturated carbocycles. The third-order valence-corrected chi connectivity index (χ3v) is 10.0. The predicted molar refractivity (Wildman–Crippen MR) is 209 cm³/mol. The first-order valence-electron chi connectivity index (χ1n) is 21.6. The smallest absolute Gasteiger partial charge is 0.306 e. The monoisotopic (exact) mass is 677 g/mol. The van der Waals surface area contributed by atoms with E-state index in [0.717, 1.165) is 51.4 Å². The highest BCUT2D eigenvalue weighted by Gasteiger charge is 2.14. The molecule has 4 nitrogen and oxygen atoms in total. The second-order valence-corrected chi connectivity index (χ2v) is 14.8. The molecule has 0 aliphatic rings. The number of ether oxygens (including phenoxy) is 2. The van der Waals surface area contributed by atoms with Gasteiger partial charge in [0.1, 0.15) is 6.10 Å². The molecule has 0 aromatic rings. The van der Waals surface area contributed by atoms with E-state index in [2.05, 4.69) is 39.8 Å². The number of hydrogen-bond donors (Lipinski definition) is 0. The lowest BCUT2D eigenvalue weighted by Gasteiger charge is -2.18. The first-order chi connectivity index (χ1) is 23.6. The lowest BCUT2D eigenvalue weighted by molar-refractivity contribution is -0.150. The number of allylic oxidation sites excluding steroid dienone is 2.